The summed E-state index contributed by atoms with van der Waals surface area (Å²) < 4.78 is 5.13. The number of carbonyl (C=O) groups excluding carboxylic acids is 2. The summed E-state index contributed by atoms with van der Waals surface area (Å²) >= 11 is 0. The van der Waals surface area contributed by atoms with E-state index < -0.39 is 0 Å². The van der Waals surface area contributed by atoms with Crippen LogP contribution in [-0.4, -0.2) is 52.2 Å². The first-order valence-electron chi connectivity index (χ1n) is 9.36. The predicted octanol–water partition coefficient (Wildman–Crippen LogP) is 1.36. The molecule has 1 fully saturated rings. The first-order chi connectivity index (χ1) is 13.5. The van der Waals surface area contributed by atoms with Crippen molar-refractivity contribution in [2.45, 2.75) is 32.9 Å². The zero-order chi connectivity index (χ0) is 19.9. The fraction of sp³-hybridized carbons (Fsp3) is 0.474. The molecule has 9 nitrogen and oxygen atoms in total. The largest absolute Gasteiger partial charge is 0.497 e. The molecule has 1 saturated heterocycles. The minimum atomic E-state index is -0.153. The summed E-state index contributed by atoms with van der Waals surface area (Å²) in [6.45, 7) is 3.69. The van der Waals surface area contributed by atoms with Crippen LogP contribution >= 0.6 is 0 Å². The Hall–Kier alpha value is -3.10. The van der Waals surface area contributed by atoms with Gasteiger partial charge >= 0.3 is 6.03 Å². The van der Waals surface area contributed by atoms with Crippen molar-refractivity contribution in [1.82, 2.24) is 30.7 Å². The predicted molar refractivity (Wildman–Crippen MR) is 102 cm³/mol. The van der Waals surface area contributed by atoms with Gasteiger partial charge in [-0.1, -0.05) is 12.1 Å². The van der Waals surface area contributed by atoms with E-state index in [1.54, 1.807) is 12.0 Å². The van der Waals surface area contributed by atoms with Crippen molar-refractivity contribution in [3.05, 3.63) is 41.5 Å². The highest BCUT2D eigenvalue weighted by Crippen LogP contribution is 2.18. The lowest BCUT2D eigenvalue weighted by molar-refractivity contribution is -0.126. The first kappa shape index (κ1) is 19.7. The van der Waals surface area contributed by atoms with Gasteiger partial charge in [0.25, 0.3) is 0 Å². The smallest absolute Gasteiger partial charge is 0.317 e. The number of benzene rings is 1. The zero-order valence-electron chi connectivity index (χ0n) is 16.2. The molecule has 1 aliphatic heterocycles. The van der Waals surface area contributed by atoms with E-state index in [9.17, 15) is 9.59 Å². The molecule has 150 valence electrons. The summed E-state index contributed by atoms with van der Waals surface area (Å²) in [7, 11) is 1.62. The SMILES string of the molecule is COc1ccc(CNC(=O)C2CCN(C(=O)NCc3n[nH]c(C)n3)CC2)cc1. The van der Waals surface area contributed by atoms with Gasteiger partial charge in [-0.2, -0.15) is 5.10 Å². The van der Waals surface area contributed by atoms with Crippen molar-refractivity contribution in [3.63, 3.8) is 0 Å². The number of hydrogen-bond acceptors (Lipinski definition) is 5. The number of H-pyrrole nitrogens is 1. The van der Waals surface area contributed by atoms with Gasteiger partial charge in [0, 0.05) is 25.6 Å². The lowest BCUT2D eigenvalue weighted by Gasteiger charge is -2.31. The standard InChI is InChI=1S/C19H26N6O3/c1-13-22-17(24-23-13)12-21-19(27)25-9-7-15(8-10-25)18(26)20-11-14-3-5-16(28-2)6-4-14/h3-6,15H,7-12H2,1-2H3,(H,20,26)(H,21,27)(H,22,23,24). The molecule has 0 spiro atoms. The van der Waals surface area contributed by atoms with Crippen molar-refractivity contribution < 1.29 is 14.3 Å². The number of methoxy groups -OCH3 is 1. The number of aryl methyl sites for hydroxylation is 1. The van der Waals surface area contributed by atoms with Crippen LogP contribution in [0, 0.1) is 12.8 Å². The van der Waals surface area contributed by atoms with Gasteiger partial charge in [0.2, 0.25) is 5.91 Å². The number of aromatic nitrogens is 3. The molecule has 2 heterocycles. The van der Waals surface area contributed by atoms with Crippen molar-refractivity contribution in [2.75, 3.05) is 20.2 Å². The molecule has 1 aliphatic rings. The Morgan fingerprint density at radius 3 is 2.50 bits per heavy atom. The minimum absolute atomic E-state index is 0.0343. The Labute approximate surface area is 163 Å². The van der Waals surface area contributed by atoms with Gasteiger partial charge in [-0.05, 0) is 37.5 Å². The van der Waals surface area contributed by atoms with Crippen molar-refractivity contribution in [3.8, 4) is 5.75 Å². The van der Waals surface area contributed by atoms with E-state index in [1.807, 2.05) is 31.2 Å². The maximum Gasteiger partial charge on any atom is 0.317 e. The molecule has 1 aromatic heterocycles. The molecule has 2 aromatic rings. The molecule has 28 heavy (non-hydrogen) atoms. The highest BCUT2D eigenvalue weighted by Gasteiger charge is 2.27. The van der Waals surface area contributed by atoms with E-state index in [0.29, 0.717) is 44.1 Å². The van der Waals surface area contributed by atoms with Gasteiger partial charge in [0.15, 0.2) is 5.82 Å². The highest BCUT2D eigenvalue weighted by atomic mass is 16.5. The third kappa shape index (κ3) is 5.21. The molecule has 3 rings (SSSR count). The van der Waals surface area contributed by atoms with Crippen LogP contribution in [0.4, 0.5) is 4.79 Å². The molecular weight excluding hydrogens is 360 g/mol. The second-order valence-corrected chi connectivity index (χ2v) is 6.82. The molecule has 0 atom stereocenters. The van der Waals surface area contributed by atoms with Crippen LogP contribution in [0.2, 0.25) is 0 Å². The highest BCUT2D eigenvalue weighted by molar-refractivity contribution is 5.79. The molecule has 0 unspecified atom stereocenters. The normalized spacial score (nSPS) is 14.6. The number of urea groups is 1. The second-order valence-electron chi connectivity index (χ2n) is 6.82. The number of likely N-dealkylation sites (tertiary alicyclic amines) is 1. The number of aromatic amines is 1. The van der Waals surface area contributed by atoms with Crippen LogP contribution < -0.4 is 15.4 Å². The van der Waals surface area contributed by atoms with Gasteiger partial charge < -0.3 is 20.3 Å². The molecule has 0 bridgehead atoms. The van der Waals surface area contributed by atoms with Crippen LogP contribution in [0.5, 0.6) is 5.75 Å². The fourth-order valence-electron chi connectivity index (χ4n) is 3.16. The van der Waals surface area contributed by atoms with Gasteiger partial charge in [-0.15, -0.1) is 0 Å². The molecular formula is C19H26N6O3. The fourth-order valence-corrected chi connectivity index (χ4v) is 3.16. The monoisotopic (exact) mass is 386 g/mol. The van der Waals surface area contributed by atoms with Crippen molar-refractivity contribution in [1.29, 1.82) is 0 Å². The Kier molecular flexibility index (Phi) is 6.46. The number of nitrogens with zero attached hydrogens (tertiary/aromatic N) is 3. The Balaban J connectivity index is 1.38. The number of carbonyl (C=O) groups is 2. The molecule has 1 aromatic carbocycles. The van der Waals surface area contributed by atoms with Gasteiger partial charge in [-0.25, -0.2) is 9.78 Å². The topological polar surface area (TPSA) is 112 Å². The molecule has 0 saturated carbocycles. The number of nitrogens with one attached hydrogen (secondary N) is 3. The quantitative estimate of drug-likeness (QED) is 0.694. The number of hydrogen-bond donors (Lipinski definition) is 3. The average Bonchev–Trinajstić information content (AvgIpc) is 3.16. The lowest BCUT2D eigenvalue weighted by Crippen LogP contribution is -2.46. The van der Waals surface area contributed by atoms with E-state index >= 15 is 0 Å². The number of piperidine rings is 1. The van der Waals surface area contributed by atoms with E-state index in [-0.39, 0.29) is 24.4 Å². The number of rotatable bonds is 6. The summed E-state index contributed by atoms with van der Waals surface area (Å²) in [6.07, 6.45) is 1.31. The maximum absolute atomic E-state index is 12.4. The summed E-state index contributed by atoms with van der Waals surface area (Å²) in [5.41, 5.74) is 1.02. The molecule has 0 aliphatic carbocycles. The summed E-state index contributed by atoms with van der Waals surface area (Å²) in [6, 6.07) is 7.46. The van der Waals surface area contributed by atoms with E-state index in [2.05, 4.69) is 25.8 Å². The summed E-state index contributed by atoms with van der Waals surface area (Å²) in [4.78, 5) is 30.6. The minimum Gasteiger partial charge on any atom is -0.497 e. The van der Waals surface area contributed by atoms with Crippen LogP contribution in [0.3, 0.4) is 0 Å². The lowest BCUT2D eigenvalue weighted by atomic mass is 9.96. The third-order valence-electron chi connectivity index (χ3n) is 4.82. The Bertz CT molecular complexity index is 796. The van der Waals surface area contributed by atoms with Crippen molar-refractivity contribution in [2.24, 2.45) is 5.92 Å². The summed E-state index contributed by atoms with van der Waals surface area (Å²) in [5, 5.41) is 12.5. The van der Waals surface area contributed by atoms with Crippen LogP contribution in [0.15, 0.2) is 24.3 Å². The van der Waals surface area contributed by atoms with E-state index in [1.165, 1.54) is 0 Å². The Morgan fingerprint density at radius 1 is 1.18 bits per heavy atom. The van der Waals surface area contributed by atoms with Gasteiger partial charge in [0.1, 0.15) is 11.6 Å². The average molecular weight is 386 g/mol. The Morgan fingerprint density at radius 2 is 1.89 bits per heavy atom. The number of amides is 3. The first-order valence-corrected chi connectivity index (χ1v) is 9.36. The summed E-state index contributed by atoms with van der Waals surface area (Å²) in [5.74, 6) is 2.02. The van der Waals surface area contributed by atoms with E-state index in [4.69, 9.17) is 4.74 Å². The maximum atomic E-state index is 12.4. The van der Waals surface area contributed by atoms with Crippen LogP contribution in [0.1, 0.15) is 30.1 Å². The molecule has 9 heteroatoms. The van der Waals surface area contributed by atoms with Crippen molar-refractivity contribution >= 4 is 11.9 Å². The zero-order valence-corrected chi connectivity index (χ0v) is 16.2. The molecule has 3 amide bonds. The third-order valence-corrected chi connectivity index (χ3v) is 4.82. The van der Waals surface area contributed by atoms with Gasteiger partial charge in [-0.3, -0.25) is 9.89 Å². The van der Waals surface area contributed by atoms with E-state index in [0.717, 1.165) is 11.3 Å². The molecule has 0 radical (unpaired) electrons. The van der Waals surface area contributed by atoms with Gasteiger partial charge in [0.05, 0.1) is 13.7 Å². The molecule has 3 N–H and O–H groups in total. The second kappa shape index (κ2) is 9.20. The number of ether oxygens (including phenoxy) is 1. The van der Waals surface area contributed by atoms with Crippen LogP contribution in [-0.2, 0) is 17.9 Å². The van der Waals surface area contributed by atoms with Crippen LogP contribution in [0.25, 0.3) is 0 Å².